The molecule has 0 bridgehead atoms. The Hall–Kier alpha value is -1.64. The third-order valence-electron chi connectivity index (χ3n) is 3.17. The Balaban J connectivity index is 2.88. The first-order chi connectivity index (χ1) is 11.4. The number of nitrogens with zero attached hydrogens (tertiary/aromatic N) is 1. The normalized spacial score (nSPS) is 13.0. The molecule has 1 atom stereocenters. The highest BCUT2D eigenvalue weighted by molar-refractivity contribution is 9.10. The lowest BCUT2D eigenvalue weighted by Gasteiger charge is -2.36. The minimum absolute atomic E-state index is 0.00903. The van der Waals surface area contributed by atoms with Crippen LogP contribution in [0.3, 0.4) is 0 Å². The summed E-state index contributed by atoms with van der Waals surface area (Å²) in [4.78, 5) is 29.6. The average Bonchev–Trinajstić information content (AvgIpc) is 2.55. The summed E-state index contributed by atoms with van der Waals surface area (Å²) in [6.45, 7) is 5.45. The molecule has 24 heavy (non-hydrogen) atoms. The fourth-order valence-corrected chi connectivity index (χ4v) is 2.16. The van der Waals surface area contributed by atoms with Crippen LogP contribution in [0.1, 0.15) is 26.3 Å². The number of carbonyl (C=O) groups excluding carboxylic acids is 2. The number of benzene rings is 1. The molecule has 0 aliphatic heterocycles. The highest BCUT2D eigenvalue weighted by Gasteiger charge is 2.40. The first kappa shape index (κ1) is 20.4. The summed E-state index contributed by atoms with van der Waals surface area (Å²) in [6, 6.07) is 7.23. The fraction of sp³-hybridized carbons (Fsp3) is 0.500. The van der Waals surface area contributed by atoms with Gasteiger partial charge in [-0.2, -0.15) is 0 Å². The molecular weight excluding hydrogens is 380 g/mol. The Morgan fingerprint density at radius 2 is 1.83 bits per heavy atom. The molecule has 134 valence electrons. The van der Waals surface area contributed by atoms with E-state index in [-0.39, 0.29) is 13.0 Å². The third-order valence-corrected chi connectivity index (χ3v) is 3.69. The number of rotatable bonds is 7. The predicted octanol–water partition coefficient (Wildman–Crippen LogP) is 2.84. The lowest BCUT2D eigenvalue weighted by Crippen LogP contribution is -2.60. The van der Waals surface area contributed by atoms with Crippen LogP contribution in [0.2, 0.25) is 0 Å². The maximum absolute atomic E-state index is 12.2. The van der Waals surface area contributed by atoms with Crippen LogP contribution in [-0.4, -0.2) is 43.2 Å². The van der Waals surface area contributed by atoms with Gasteiger partial charge in [0.05, 0.1) is 13.0 Å². The molecule has 1 unspecified atom stereocenters. The van der Waals surface area contributed by atoms with Crippen molar-refractivity contribution in [1.29, 1.82) is 0 Å². The summed E-state index contributed by atoms with van der Waals surface area (Å²) in [5.74, 6) is -1.94. The third kappa shape index (κ3) is 5.77. The van der Waals surface area contributed by atoms with E-state index in [1.165, 1.54) is 0 Å². The number of amides is 1. The van der Waals surface area contributed by atoms with Crippen molar-refractivity contribution >= 4 is 28.0 Å². The van der Waals surface area contributed by atoms with Gasteiger partial charge in [0.1, 0.15) is 0 Å². The molecule has 0 aliphatic rings. The first-order valence-electron chi connectivity index (χ1n) is 7.61. The predicted molar refractivity (Wildman–Crippen MR) is 91.9 cm³/mol. The lowest BCUT2D eigenvalue weighted by atomic mass is 10.2. The number of nitrogens with one attached hydrogen (secondary N) is 1. The van der Waals surface area contributed by atoms with Gasteiger partial charge in [-0.05, 0) is 38.6 Å². The summed E-state index contributed by atoms with van der Waals surface area (Å²) in [5.41, 5.74) is 0.759. The molecule has 0 radical (unpaired) electrons. The van der Waals surface area contributed by atoms with Crippen LogP contribution in [0.15, 0.2) is 28.7 Å². The Kier molecular flexibility index (Phi) is 8.17. The summed E-state index contributed by atoms with van der Waals surface area (Å²) >= 11 is 3.33. The van der Waals surface area contributed by atoms with Gasteiger partial charge < -0.3 is 14.3 Å². The van der Waals surface area contributed by atoms with Crippen molar-refractivity contribution in [3.63, 3.8) is 0 Å². The summed E-state index contributed by atoms with van der Waals surface area (Å²) < 4.78 is 11.4. The van der Waals surface area contributed by atoms with Gasteiger partial charge in [0, 0.05) is 18.0 Å². The second-order valence-electron chi connectivity index (χ2n) is 4.93. The average molecular weight is 403 g/mol. The Bertz CT molecular complexity index is 552. The van der Waals surface area contributed by atoms with E-state index in [0.29, 0.717) is 6.61 Å². The molecule has 0 saturated carbocycles. The number of carbonyl (C=O) groups is 2. The second kappa shape index (κ2) is 9.61. The monoisotopic (exact) mass is 402 g/mol. The van der Waals surface area contributed by atoms with Crippen molar-refractivity contribution in [2.75, 3.05) is 20.3 Å². The molecule has 0 spiro atoms. The first-order valence-corrected chi connectivity index (χ1v) is 8.40. The fourth-order valence-electron chi connectivity index (χ4n) is 1.90. The van der Waals surface area contributed by atoms with Gasteiger partial charge in [0.2, 0.25) is 5.85 Å². The largest absolute Gasteiger partial charge is 0.448 e. The van der Waals surface area contributed by atoms with Gasteiger partial charge in [-0.15, -0.1) is 0 Å². The zero-order valence-corrected chi connectivity index (χ0v) is 15.9. The van der Waals surface area contributed by atoms with Crippen molar-refractivity contribution in [2.24, 2.45) is 0 Å². The molecule has 8 heteroatoms. The van der Waals surface area contributed by atoms with E-state index in [1.54, 1.807) is 40.0 Å². The topological polar surface area (TPSA) is 77.1 Å². The van der Waals surface area contributed by atoms with Crippen LogP contribution in [0.5, 0.6) is 0 Å². The van der Waals surface area contributed by atoms with Gasteiger partial charge in [0.15, 0.2) is 0 Å². The zero-order valence-electron chi connectivity index (χ0n) is 14.3. The minimum atomic E-state index is -1.34. The van der Waals surface area contributed by atoms with Gasteiger partial charge in [0.25, 0.3) is 0 Å². The standard InChI is InChI=1S/C16H23BrN2O5/c1-5-22-15(21)19(16(3,18-4)23-6-2)24-14(20)11-12-7-9-13(17)10-8-12/h7-10,18H,5-6,11H2,1-4H3. The quantitative estimate of drug-likeness (QED) is 0.558. The zero-order chi connectivity index (χ0) is 18.2. The molecule has 0 fully saturated rings. The molecule has 0 aliphatic carbocycles. The van der Waals surface area contributed by atoms with Gasteiger partial charge >= 0.3 is 12.1 Å². The summed E-state index contributed by atoms with van der Waals surface area (Å²) in [5, 5.41) is 3.59. The second-order valence-corrected chi connectivity index (χ2v) is 5.84. The lowest BCUT2D eigenvalue weighted by molar-refractivity contribution is -0.274. The van der Waals surface area contributed by atoms with Crippen molar-refractivity contribution in [3.8, 4) is 0 Å². The van der Waals surface area contributed by atoms with Crippen LogP contribution in [0.25, 0.3) is 0 Å². The van der Waals surface area contributed by atoms with E-state index in [9.17, 15) is 9.59 Å². The van der Waals surface area contributed by atoms with E-state index in [4.69, 9.17) is 14.3 Å². The maximum Gasteiger partial charge on any atom is 0.447 e. The Morgan fingerprint density at radius 3 is 2.33 bits per heavy atom. The molecule has 0 aromatic heterocycles. The molecule has 1 aromatic carbocycles. The maximum atomic E-state index is 12.2. The molecule has 7 nitrogen and oxygen atoms in total. The molecule has 1 N–H and O–H groups in total. The highest BCUT2D eigenvalue weighted by Crippen LogP contribution is 2.17. The van der Waals surface area contributed by atoms with Crippen molar-refractivity contribution in [1.82, 2.24) is 10.4 Å². The molecule has 0 saturated heterocycles. The summed E-state index contributed by atoms with van der Waals surface area (Å²) in [6.07, 6.45) is -0.804. The van der Waals surface area contributed by atoms with E-state index in [1.807, 2.05) is 12.1 Å². The van der Waals surface area contributed by atoms with E-state index in [2.05, 4.69) is 21.2 Å². The van der Waals surface area contributed by atoms with Gasteiger partial charge in [-0.25, -0.2) is 9.59 Å². The van der Waals surface area contributed by atoms with E-state index < -0.39 is 17.9 Å². The van der Waals surface area contributed by atoms with E-state index in [0.717, 1.165) is 15.1 Å². The van der Waals surface area contributed by atoms with Crippen molar-refractivity contribution in [2.45, 2.75) is 33.0 Å². The molecule has 0 heterocycles. The van der Waals surface area contributed by atoms with E-state index >= 15 is 0 Å². The Morgan fingerprint density at radius 1 is 1.21 bits per heavy atom. The van der Waals surface area contributed by atoms with Crippen LogP contribution in [0.4, 0.5) is 4.79 Å². The number of ether oxygens (including phenoxy) is 2. The minimum Gasteiger partial charge on any atom is -0.448 e. The number of hydroxylamine groups is 2. The SMILES string of the molecule is CCOC(=O)N(OC(=O)Cc1ccc(Br)cc1)C(C)(NC)OCC. The molecular formula is C16H23BrN2O5. The summed E-state index contributed by atoms with van der Waals surface area (Å²) in [7, 11) is 1.59. The molecule has 1 amide bonds. The smallest absolute Gasteiger partial charge is 0.447 e. The number of hydrogen-bond donors (Lipinski definition) is 1. The van der Waals surface area contributed by atoms with Crippen molar-refractivity contribution in [3.05, 3.63) is 34.3 Å². The van der Waals surface area contributed by atoms with Crippen LogP contribution in [-0.2, 0) is 25.5 Å². The van der Waals surface area contributed by atoms with Crippen LogP contribution < -0.4 is 5.32 Å². The van der Waals surface area contributed by atoms with Crippen molar-refractivity contribution < 1.29 is 23.9 Å². The molecule has 1 rings (SSSR count). The number of halogens is 1. The van der Waals surface area contributed by atoms with Crippen LogP contribution in [0, 0.1) is 0 Å². The Labute approximate surface area is 150 Å². The van der Waals surface area contributed by atoms with Crippen LogP contribution >= 0.6 is 15.9 Å². The highest BCUT2D eigenvalue weighted by atomic mass is 79.9. The van der Waals surface area contributed by atoms with Gasteiger partial charge in [-0.3, -0.25) is 5.32 Å². The number of hydrogen-bond acceptors (Lipinski definition) is 6. The van der Waals surface area contributed by atoms with Gasteiger partial charge in [-0.1, -0.05) is 33.1 Å². The molecule has 1 aromatic rings.